The van der Waals surface area contributed by atoms with Crippen LogP contribution in [0.3, 0.4) is 0 Å². The molecule has 0 saturated carbocycles. The van der Waals surface area contributed by atoms with Gasteiger partial charge < -0.3 is 15.4 Å². The molecule has 1 aliphatic rings. The van der Waals surface area contributed by atoms with E-state index in [1.807, 2.05) is 0 Å². The zero-order chi connectivity index (χ0) is 26.9. The summed E-state index contributed by atoms with van der Waals surface area (Å²) >= 11 is 6.12. The second-order valence-electron chi connectivity index (χ2n) is 8.51. The lowest BCUT2D eigenvalue weighted by atomic mass is 10.1. The Labute approximate surface area is 219 Å². The molecule has 2 amide bonds. The maximum Gasteiger partial charge on any atom is 0.337 e. The minimum atomic E-state index is -4.29. The van der Waals surface area contributed by atoms with Crippen molar-refractivity contribution in [1.82, 2.24) is 0 Å². The molecule has 0 aromatic heterocycles. The minimum absolute atomic E-state index is 0.0187. The molecule has 0 bridgehead atoms. The molecule has 1 unspecified atom stereocenters. The van der Waals surface area contributed by atoms with Crippen LogP contribution in [-0.4, -0.2) is 39.4 Å². The average molecular weight is 542 g/mol. The summed E-state index contributed by atoms with van der Waals surface area (Å²) in [5.74, 6) is -1.75. The summed E-state index contributed by atoms with van der Waals surface area (Å²) in [5.41, 5.74) is 2.07. The number of esters is 1. The summed E-state index contributed by atoms with van der Waals surface area (Å²) in [6.45, 7) is 3.25. The van der Waals surface area contributed by atoms with Gasteiger partial charge in [-0.05, 0) is 73.5 Å². The molecule has 2 N–H and O–H groups in total. The van der Waals surface area contributed by atoms with Crippen LogP contribution in [0.2, 0.25) is 5.02 Å². The Morgan fingerprint density at radius 2 is 1.68 bits per heavy atom. The smallest absolute Gasteiger partial charge is 0.337 e. The van der Waals surface area contributed by atoms with Crippen molar-refractivity contribution in [2.45, 2.75) is 31.2 Å². The summed E-state index contributed by atoms with van der Waals surface area (Å²) in [4.78, 5) is 37.8. The van der Waals surface area contributed by atoms with Gasteiger partial charge in [-0.15, -0.1) is 0 Å². The Bertz CT molecular complexity index is 1480. The first-order valence-electron chi connectivity index (χ1n) is 11.2. The number of carbonyl (C=O) groups is 3. The number of hydrogen-bond acceptors (Lipinski definition) is 6. The van der Waals surface area contributed by atoms with Gasteiger partial charge in [-0.25, -0.2) is 13.2 Å². The van der Waals surface area contributed by atoms with E-state index in [1.165, 1.54) is 43.5 Å². The number of fused-ring (bicyclic) bond motifs is 1. The summed E-state index contributed by atoms with van der Waals surface area (Å²) in [5, 5.41) is 5.74. The third kappa shape index (κ3) is 5.16. The van der Waals surface area contributed by atoms with Crippen molar-refractivity contribution < 1.29 is 27.5 Å². The molecule has 0 spiro atoms. The van der Waals surface area contributed by atoms with Crippen LogP contribution in [0.5, 0.6) is 0 Å². The molecule has 3 aromatic carbocycles. The topological polar surface area (TPSA) is 122 Å². The van der Waals surface area contributed by atoms with E-state index in [0.717, 1.165) is 4.31 Å². The minimum Gasteiger partial charge on any atom is -0.465 e. The van der Waals surface area contributed by atoms with Crippen LogP contribution < -0.4 is 14.9 Å². The van der Waals surface area contributed by atoms with E-state index < -0.39 is 40.3 Å². The van der Waals surface area contributed by atoms with Crippen LogP contribution in [0.15, 0.2) is 65.6 Å². The number of aryl methyl sites for hydroxylation is 2. The molecule has 0 saturated heterocycles. The van der Waals surface area contributed by atoms with Crippen LogP contribution in [0.4, 0.5) is 17.1 Å². The van der Waals surface area contributed by atoms with E-state index in [0.29, 0.717) is 33.1 Å². The Hall–Kier alpha value is -3.89. The van der Waals surface area contributed by atoms with E-state index in [1.54, 1.807) is 38.1 Å². The molecule has 11 heteroatoms. The lowest BCUT2D eigenvalue weighted by Gasteiger charge is -2.37. The number of amides is 2. The molecule has 192 valence electrons. The summed E-state index contributed by atoms with van der Waals surface area (Å²) in [6.07, 6.45) is -0.455. The van der Waals surface area contributed by atoms with Crippen LogP contribution in [-0.2, 0) is 24.3 Å². The lowest BCUT2D eigenvalue weighted by molar-refractivity contribution is -0.122. The predicted octanol–water partition coefficient (Wildman–Crippen LogP) is 4.29. The van der Waals surface area contributed by atoms with Gasteiger partial charge in [0.05, 0.1) is 35.4 Å². The second-order valence-corrected chi connectivity index (χ2v) is 10.7. The molecule has 4 rings (SSSR count). The fraction of sp³-hybridized carbons (Fsp3) is 0.192. The van der Waals surface area contributed by atoms with Crippen molar-refractivity contribution in [1.29, 1.82) is 0 Å². The highest BCUT2D eigenvalue weighted by atomic mass is 35.5. The molecule has 0 aliphatic carbocycles. The zero-order valence-electron chi connectivity index (χ0n) is 20.2. The number of hydrogen-bond donors (Lipinski definition) is 2. The number of methoxy groups -OCH3 is 1. The van der Waals surface area contributed by atoms with E-state index in [9.17, 15) is 22.8 Å². The van der Waals surface area contributed by atoms with Gasteiger partial charge in [0.15, 0.2) is 0 Å². The van der Waals surface area contributed by atoms with Crippen LogP contribution in [0, 0.1) is 13.8 Å². The van der Waals surface area contributed by atoms with Crippen molar-refractivity contribution >= 4 is 56.5 Å². The van der Waals surface area contributed by atoms with E-state index in [4.69, 9.17) is 11.6 Å². The fourth-order valence-corrected chi connectivity index (χ4v) is 6.71. The van der Waals surface area contributed by atoms with Gasteiger partial charge in [0.2, 0.25) is 11.8 Å². The zero-order valence-corrected chi connectivity index (χ0v) is 21.8. The monoisotopic (exact) mass is 541 g/mol. The van der Waals surface area contributed by atoms with Crippen molar-refractivity contribution in [3.8, 4) is 0 Å². The largest absolute Gasteiger partial charge is 0.465 e. The average Bonchev–Trinajstić information content (AvgIpc) is 2.83. The molecule has 9 nitrogen and oxygen atoms in total. The molecular weight excluding hydrogens is 518 g/mol. The number of rotatable bonds is 6. The Balaban J connectivity index is 1.70. The molecule has 0 fully saturated rings. The fourth-order valence-electron chi connectivity index (χ4n) is 4.33. The molecule has 1 atom stereocenters. The van der Waals surface area contributed by atoms with Crippen molar-refractivity contribution in [2.24, 2.45) is 0 Å². The van der Waals surface area contributed by atoms with Gasteiger partial charge in [0.1, 0.15) is 6.04 Å². The van der Waals surface area contributed by atoms with E-state index in [-0.39, 0.29) is 10.6 Å². The quantitative estimate of drug-likeness (QED) is 0.449. The summed E-state index contributed by atoms with van der Waals surface area (Å²) in [7, 11) is -3.03. The highest BCUT2D eigenvalue weighted by Gasteiger charge is 2.43. The highest BCUT2D eigenvalue weighted by Crippen LogP contribution is 2.39. The first-order valence-corrected chi connectivity index (χ1v) is 13.0. The van der Waals surface area contributed by atoms with Crippen LogP contribution >= 0.6 is 11.6 Å². The van der Waals surface area contributed by atoms with Gasteiger partial charge in [-0.2, -0.15) is 0 Å². The maximum absolute atomic E-state index is 14.1. The first kappa shape index (κ1) is 26.2. The highest BCUT2D eigenvalue weighted by molar-refractivity contribution is 7.93. The second kappa shape index (κ2) is 10.2. The van der Waals surface area contributed by atoms with E-state index in [2.05, 4.69) is 15.4 Å². The van der Waals surface area contributed by atoms with Gasteiger partial charge in [0, 0.05) is 10.7 Å². The first-order chi connectivity index (χ1) is 17.5. The number of ether oxygens (including phenoxy) is 1. The van der Waals surface area contributed by atoms with Gasteiger partial charge >= 0.3 is 5.97 Å². The number of anilines is 3. The summed E-state index contributed by atoms with van der Waals surface area (Å²) < 4.78 is 33.8. The van der Waals surface area contributed by atoms with Crippen LogP contribution in [0.25, 0.3) is 0 Å². The van der Waals surface area contributed by atoms with Crippen molar-refractivity contribution in [3.05, 3.63) is 82.4 Å². The van der Waals surface area contributed by atoms with Gasteiger partial charge in [-0.3, -0.25) is 13.9 Å². The molecule has 0 radical (unpaired) electrons. The van der Waals surface area contributed by atoms with Crippen molar-refractivity contribution in [2.75, 3.05) is 22.0 Å². The SMILES string of the molecule is COC(=O)c1ccc(NC(=O)CC2C(=O)Nc3ccccc3N2S(=O)(=O)c2c(C)cc(Cl)cc2C)cc1. The van der Waals surface area contributed by atoms with Gasteiger partial charge in [-0.1, -0.05) is 23.7 Å². The molecule has 1 heterocycles. The number of halogens is 1. The molecular formula is C26H24ClN3O6S. The number of carbonyl (C=O) groups excluding carboxylic acids is 3. The standard InChI is InChI=1S/C26H24ClN3O6S/c1-15-12-18(27)13-16(2)24(15)37(34,35)30-21-7-5-4-6-20(21)29-25(32)22(30)14-23(31)28-19-10-8-17(9-11-19)26(33)36-3/h4-13,22H,14H2,1-3H3,(H,28,31)(H,29,32). The molecule has 1 aliphatic heterocycles. The Morgan fingerprint density at radius 1 is 1.05 bits per heavy atom. The normalized spacial score (nSPS) is 15.0. The number of nitrogens with one attached hydrogen (secondary N) is 2. The third-order valence-electron chi connectivity index (χ3n) is 5.90. The van der Waals surface area contributed by atoms with Crippen molar-refractivity contribution in [3.63, 3.8) is 0 Å². The third-order valence-corrected chi connectivity index (χ3v) is 8.24. The lowest BCUT2D eigenvalue weighted by Crippen LogP contribution is -2.52. The molecule has 37 heavy (non-hydrogen) atoms. The van der Waals surface area contributed by atoms with Crippen LogP contribution in [0.1, 0.15) is 27.9 Å². The summed E-state index contributed by atoms with van der Waals surface area (Å²) in [6, 6.07) is 14.2. The maximum atomic E-state index is 14.1. The van der Waals surface area contributed by atoms with Gasteiger partial charge in [0.25, 0.3) is 10.0 Å². The number of benzene rings is 3. The Morgan fingerprint density at radius 3 is 2.30 bits per heavy atom. The number of para-hydroxylation sites is 2. The molecule has 3 aromatic rings. The number of nitrogens with zero attached hydrogens (tertiary/aromatic N) is 1. The Kier molecular flexibility index (Phi) is 7.24. The number of sulfonamides is 1. The predicted molar refractivity (Wildman–Crippen MR) is 140 cm³/mol. The van der Waals surface area contributed by atoms with E-state index >= 15 is 0 Å².